The van der Waals surface area contributed by atoms with Gasteiger partial charge in [-0.1, -0.05) is 46.6 Å². The molecule has 2 aromatic heterocycles. The monoisotopic (exact) mass is 527 g/mol. The van der Waals surface area contributed by atoms with E-state index in [9.17, 15) is 19.7 Å². The van der Waals surface area contributed by atoms with Gasteiger partial charge in [0.05, 0.1) is 11.5 Å². The van der Waals surface area contributed by atoms with E-state index in [-0.39, 0.29) is 35.1 Å². The van der Waals surface area contributed by atoms with E-state index in [4.69, 9.17) is 23.2 Å². The number of halogens is 2. The number of aromatic amines is 1. The van der Waals surface area contributed by atoms with Crippen LogP contribution < -0.4 is 5.56 Å². The van der Waals surface area contributed by atoms with E-state index in [0.717, 1.165) is 5.56 Å². The number of amides is 1. The molecule has 13 heteroatoms. The van der Waals surface area contributed by atoms with Gasteiger partial charge in [0.1, 0.15) is 11.4 Å². The van der Waals surface area contributed by atoms with E-state index in [1.807, 2.05) is 0 Å². The number of benzene rings is 2. The summed E-state index contributed by atoms with van der Waals surface area (Å²) in [6, 6.07) is 11.0. The Hall–Kier alpha value is -3.83. The van der Waals surface area contributed by atoms with Crippen LogP contribution in [0.25, 0.3) is 11.2 Å². The summed E-state index contributed by atoms with van der Waals surface area (Å²) in [7, 11) is 0. The van der Waals surface area contributed by atoms with Gasteiger partial charge in [-0.05, 0) is 36.6 Å². The van der Waals surface area contributed by atoms with Crippen molar-refractivity contribution in [3.8, 4) is 0 Å². The summed E-state index contributed by atoms with van der Waals surface area (Å²) in [6.07, 6.45) is 1.07. The number of nitrogens with one attached hydrogen (secondary N) is 1. The second-order valence-corrected chi connectivity index (χ2v) is 9.29. The summed E-state index contributed by atoms with van der Waals surface area (Å²) in [6.45, 7) is 0.996. The summed E-state index contributed by atoms with van der Waals surface area (Å²) < 4.78 is 1.51. The molecule has 0 saturated carbocycles. The minimum atomic E-state index is -0.557. The van der Waals surface area contributed by atoms with Gasteiger partial charge in [-0.3, -0.25) is 19.7 Å². The number of carbonyl (C=O) groups excluding carboxylic acids is 1. The lowest BCUT2D eigenvalue weighted by molar-refractivity contribution is -0.385. The van der Waals surface area contributed by atoms with Crippen LogP contribution in [0.1, 0.15) is 40.5 Å². The Morgan fingerprint density at radius 3 is 2.64 bits per heavy atom. The quantitative estimate of drug-likeness (QED) is 0.307. The predicted octanol–water partition coefficient (Wildman–Crippen LogP) is 3.80. The molecule has 0 radical (unpaired) electrons. The van der Waals surface area contributed by atoms with Crippen LogP contribution in [-0.4, -0.2) is 53.8 Å². The van der Waals surface area contributed by atoms with Gasteiger partial charge in [-0.15, -0.1) is 5.10 Å². The number of nitro groups is 1. The second kappa shape index (κ2) is 9.67. The van der Waals surface area contributed by atoms with Crippen molar-refractivity contribution in [2.24, 2.45) is 0 Å². The summed E-state index contributed by atoms with van der Waals surface area (Å²) in [5.74, 6) is -0.0183. The molecule has 1 fully saturated rings. The Morgan fingerprint density at radius 2 is 1.92 bits per heavy atom. The number of rotatable bonds is 5. The van der Waals surface area contributed by atoms with Gasteiger partial charge >= 0.3 is 0 Å². The van der Waals surface area contributed by atoms with E-state index < -0.39 is 10.5 Å². The number of para-hydroxylation sites is 1. The fourth-order valence-corrected chi connectivity index (χ4v) is 4.80. The maximum absolute atomic E-state index is 12.9. The first-order chi connectivity index (χ1) is 17.3. The number of hydrogen-bond donors (Lipinski definition) is 1. The number of nitrogens with zero attached hydrogens (tertiary/aromatic N) is 6. The van der Waals surface area contributed by atoms with Gasteiger partial charge in [-0.25, -0.2) is 9.67 Å². The standard InChI is InChI=1S/C23H19Cl2N7O4/c24-15-6-5-14(17(25)11-15)12-31-21-19(28-29-31)22(33)27-20(26-21)13-7-9-30(10-8-13)23(34)16-3-1-2-4-18(16)32(35)36/h1-6,11,13H,7-10,12H2,(H,26,27,33). The number of H-pyrrole nitrogens is 1. The fourth-order valence-electron chi connectivity index (χ4n) is 4.33. The van der Waals surface area contributed by atoms with Crippen molar-refractivity contribution in [3.05, 3.63) is 89.9 Å². The lowest BCUT2D eigenvalue weighted by Crippen LogP contribution is -2.38. The van der Waals surface area contributed by atoms with E-state index in [1.54, 1.807) is 29.2 Å². The molecular weight excluding hydrogens is 509 g/mol. The fraction of sp³-hybridized carbons (Fsp3) is 0.261. The zero-order chi connectivity index (χ0) is 25.4. The van der Waals surface area contributed by atoms with Gasteiger partial charge in [0.25, 0.3) is 17.2 Å². The molecule has 0 aliphatic carbocycles. The maximum Gasteiger partial charge on any atom is 0.282 e. The first-order valence-corrected chi connectivity index (χ1v) is 11.9. The van der Waals surface area contributed by atoms with E-state index >= 15 is 0 Å². The molecule has 0 bridgehead atoms. The average Bonchev–Trinajstić information content (AvgIpc) is 3.28. The lowest BCUT2D eigenvalue weighted by atomic mass is 9.95. The van der Waals surface area contributed by atoms with Crippen molar-refractivity contribution in [3.63, 3.8) is 0 Å². The maximum atomic E-state index is 12.9. The van der Waals surface area contributed by atoms with Crippen LogP contribution in [0.3, 0.4) is 0 Å². The Bertz CT molecular complexity index is 1540. The topological polar surface area (TPSA) is 140 Å². The normalized spacial score (nSPS) is 14.3. The van der Waals surface area contributed by atoms with Crippen LogP contribution in [-0.2, 0) is 6.54 Å². The first kappa shape index (κ1) is 23.9. The van der Waals surface area contributed by atoms with E-state index in [2.05, 4.69) is 20.3 Å². The molecule has 184 valence electrons. The van der Waals surface area contributed by atoms with Crippen molar-refractivity contribution in [2.45, 2.75) is 25.3 Å². The Kier molecular flexibility index (Phi) is 6.42. The third kappa shape index (κ3) is 4.54. The largest absolute Gasteiger partial charge is 0.338 e. The molecule has 0 unspecified atom stereocenters. The smallest absolute Gasteiger partial charge is 0.282 e. The first-order valence-electron chi connectivity index (χ1n) is 11.1. The van der Waals surface area contributed by atoms with Gasteiger partial charge in [0.15, 0.2) is 11.2 Å². The zero-order valence-electron chi connectivity index (χ0n) is 18.7. The Balaban J connectivity index is 1.36. The number of likely N-dealkylation sites (tertiary alicyclic amines) is 1. The average molecular weight is 528 g/mol. The predicted molar refractivity (Wildman–Crippen MR) is 132 cm³/mol. The minimum Gasteiger partial charge on any atom is -0.338 e. The van der Waals surface area contributed by atoms with Gasteiger partial charge in [0, 0.05) is 35.1 Å². The molecule has 11 nitrogen and oxygen atoms in total. The van der Waals surface area contributed by atoms with E-state index in [0.29, 0.717) is 47.4 Å². The number of carbonyl (C=O) groups is 1. The highest BCUT2D eigenvalue weighted by Crippen LogP contribution is 2.28. The summed E-state index contributed by atoms with van der Waals surface area (Å²) >= 11 is 12.3. The molecule has 1 aliphatic heterocycles. The molecular formula is C23H19Cl2N7O4. The molecule has 0 atom stereocenters. The van der Waals surface area contributed by atoms with Crippen molar-refractivity contribution < 1.29 is 9.72 Å². The third-order valence-electron chi connectivity index (χ3n) is 6.23. The molecule has 2 aromatic carbocycles. The number of hydrogen-bond acceptors (Lipinski definition) is 7. The second-order valence-electron chi connectivity index (χ2n) is 8.45. The molecule has 4 aromatic rings. The van der Waals surface area contributed by atoms with Gasteiger partial charge in [-0.2, -0.15) is 0 Å². The molecule has 36 heavy (non-hydrogen) atoms. The van der Waals surface area contributed by atoms with Gasteiger partial charge in [0.2, 0.25) is 0 Å². The van der Waals surface area contributed by atoms with Crippen LogP contribution in [0.4, 0.5) is 5.69 Å². The summed E-state index contributed by atoms with van der Waals surface area (Å²) in [5, 5.41) is 20.3. The molecule has 3 heterocycles. The Morgan fingerprint density at radius 1 is 1.17 bits per heavy atom. The number of fused-ring (bicyclic) bond motifs is 1. The SMILES string of the molecule is O=C(c1ccccc1[N+](=O)[O-])N1CCC(c2nc3c(nnn3Cc3ccc(Cl)cc3Cl)c(=O)[nH]2)CC1. The van der Waals surface area contributed by atoms with Crippen LogP contribution in [0.2, 0.25) is 10.0 Å². The molecule has 1 saturated heterocycles. The van der Waals surface area contributed by atoms with Crippen molar-refractivity contribution in [1.29, 1.82) is 0 Å². The van der Waals surface area contributed by atoms with Crippen LogP contribution in [0, 0.1) is 10.1 Å². The lowest BCUT2D eigenvalue weighted by Gasteiger charge is -2.31. The van der Waals surface area contributed by atoms with Crippen LogP contribution >= 0.6 is 23.2 Å². The highest BCUT2D eigenvalue weighted by Gasteiger charge is 2.30. The highest BCUT2D eigenvalue weighted by molar-refractivity contribution is 6.35. The van der Waals surface area contributed by atoms with E-state index in [1.165, 1.54) is 22.9 Å². The van der Waals surface area contributed by atoms with Crippen molar-refractivity contribution in [1.82, 2.24) is 29.9 Å². The Labute approximate surface area is 213 Å². The molecule has 0 spiro atoms. The number of piperidine rings is 1. The summed E-state index contributed by atoms with van der Waals surface area (Å²) in [5.41, 5.74) is 0.638. The molecule has 1 amide bonds. The molecule has 1 N–H and O–H groups in total. The molecule has 1 aliphatic rings. The van der Waals surface area contributed by atoms with Crippen molar-refractivity contribution in [2.75, 3.05) is 13.1 Å². The minimum absolute atomic E-state index is 0.0599. The molecule has 5 rings (SSSR count). The van der Waals surface area contributed by atoms with Crippen LogP contribution in [0.5, 0.6) is 0 Å². The van der Waals surface area contributed by atoms with Crippen molar-refractivity contribution >= 4 is 46.0 Å². The highest BCUT2D eigenvalue weighted by atomic mass is 35.5. The number of aromatic nitrogens is 5. The number of nitro benzene ring substituents is 1. The van der Waals surface area contributed by atoms with Gasteiger partial charge < -0.3 is 9.88 Å². The zero-order valence-corrected chi connectivity index (χ0v) is 20.2. The van der Waals surface area contributed by atoms with Crippen LogP contribution in [0.15, 0.2) is 47.3 Å². The third-order valence-corrected chi connectivity index (χ3v) is 6.81. The summed E-state index contributed by atoms with van der Waals surface area (Å²) in [4.78, 5) is 45.4.